The van der Waals surface area contributed by atoms with E-state index in [0.29, 0.717) is 5.69 Å². The first kappa shape index (κ1) is 19.3. The summed E-state index contributed by atoms with van der Waals surface area (Å²) < 4.78 is 4.71. The average molecular weight is 383 g/mol. The fraction of sp³-hybridized carbons (Fsp3) is 0.300. The molecule has 0 radical (unpaired) electrons. The molecule has 1 aliphatic rings. The van der Waals surface area contributed by atoms with Crippen LogP contribution in [0.5, 0.6) is 0 Å². The molecule has 28 heavy (non-hydrogen) atoms. The van der Waals surface area contributed by atoms with Crippen molar-refractivity contribution in [1.82, 2.24) is 5.32 Å². The molecule has 1 saturated carbocycles. The predicted molar refractivity (Wildman–Crippen MR) is 103 cm³/mol. The lowest BCUT2D eigenvalue weighted by Crippen LogP contribution is -2.30. The minimum atomic E-state index is -0.607. The molecular formula is C20H21N3O5. The number of hydrogen-bond acceptors (Lipinski definition) is 6. The van der Waals surface area contributed by atoms with Crippen molar-refractivity contribution in [3.63, 3.8) is 0 Å². The predicted octanol–water partition coefficient (Wildman–Crippen LogP) is 3.20. The SMILES string of the molecule is COC(=O)C[C@H](NC(=O)c1ccc(NC2CC2)c([N+](=O)[O-])c1)c1ccccc1. The Kier molecular flexibility index (Phi) is 5.88. The summed E-state index contributed by atoms with van der Waals surface area (Å²) in [4.78, 5) is 35.3. The largest absolute Gasteiger partial charge is 0.469 e. The highest BCUT2D eigenvalue weighted by atomic mass is 16.6. The number of carbonyl (C=O) groups is 2. The van der Waals surface area contributed by atoms with E-state index < -0.39 is 22.8 Å². The van der Waals surface area contributed by atoms with E-state index >= 15 is 0 Å². The van der Waals surface area contributed by atoms with Crippen molar-refractivity contribution in [3.05, 3.63) is 69.8 Å². The molecule has 2 N–H and O–H groups in total. The molecule has 2 aromatic carbocycles. The van der Waals surface area contributed by atoms with Crippen LogP contribution in [-0.4, -0.2) is 30.0 Å². The van der Waals surface area contributed by atoms with E-state index in [1.807, 2.05) is 6.07 Å². The summed E-state index contributed by atoms with van der Waals surface area (Å²) >= 11 is 0. The number of benzene rings is 2. The number of nitrogens with zero attached hydrogens (tertiary/aromatic N) is 1. The van der Waals surface area contributed by atoms with Crippen molar-refractivity contribution in [1.29, 1.82) is 0 Å². The molecule has 8 nitrogen and oxygen atoms in total. The minimum absolute atomic E-state index is 0.0460. The highest BCUT2D eigenvalue weighted by Crippen LogP contribution is 2.31. The van der Waals surface area contributed by atoms with Crippen molar-refractivity contribution in [2.45, 2.75) is 31.3 Å². The first-order valence-corrected chi connectivity index (χ1v) is 8.95. The zero-order chi connectivity index (χ0) is 20.1. The number of anilines is 1. The topological polar surface area (TPSA) is 111 Å². The van der Waals surface area contributed by atoms with Crippen LogP contribution >= 0.6 is 0 Å². The van der Waals surface area contributed by atoms with Gasteiger partial charge in [0.15, 0.2) is 0 Å². The number of carbonyl (C=O) groups excluding carboxylic acids is 2. The molecule has 1 amide bonds. The summed E-state index contributed by atoms with van der Waals surface area (Å²) in [7, 11) is 1.28. The van der Waals surface area contributed by atoms with E-state index in [4.69, 9.17) is 4.74 Å². The van der Waals surface area contributed by atoms with E-state index in [0.717, 1.165) is 18.4 Å². The summed E-state index contributed by atoms with van der Waals surface area (Å²) in [6, 6.07) is 13.0. The van der Waals surface area contributed by atoms with Crippen LogP contribution in [0, 0.1) is 10.1 Å². The summed E-state index contributed by atoms with van der Waals surface area (Å²) in [5.41, 5.74) is 1.14. The number of rotatable bonds is 8. The van der Waals surface area contributed by atoms with Gasteiger partial charge in [-0.3, -0.25) is 19.7 Å². The average Bonchev–Trinajstić information content (AvgIpc) is 3.52. The van der Waals surface area contributed by atoms with E-state index in [2.05, 4.69) is 10.6 Å². The summed E-state index contributed by atoms with van der Waals surface area (Å²) in [5, 5.41) is 17.3. The Hall–Kier alpha value is -3.42. The maximum atomic E-state index is 12.7. The van der Waals surface area contributed by atoms with Crippen molar-refractivity contribution < 1.29 is 19.2 Å². The molecule has 1 fully saturated rings. The van der Waals surface area contributed by atoms with Crippen LogP contribution in [0.15, 0.2) is 48.5 Å². The van der Waals surface area contributed by atoms with Gasteiger partial charge in [0.2, 0.25) is 0 Å². The summed E-state index contributed by atoms with van der Waals surface area (Å²) in [6.07, 6.45) is 1.91. The highest BCUT2D eigenvalue weighted by Gasteiger charge is 2.26. The Morgan fingerprint density at radius 2 is 1.93 bits per heavy atom. The second kappa shape index (κ2) is 8.51. The molecule has 146 valence electrons. The minimum Gasteiger partial charge on any atom is -0.469 e. The number of methoxy groups -OCH3 is 1. The van der Waals surface area contributed by atoms with E-state index in [1.165, 1.54) is 19.2 Å². The molecule has 2 aromatic rings. The van der Waals surface area contributed by atoms with Crippen LogP contribution in [0.1, 0.15) is 41.2 Å². The molecule has 0 unspecified atom stereocenters. The van der Waals surface area contributed by atoms with E-state index in [9.17, 15) is 19.7 Å². The Morgan fingerprint density at radius 1 is 1.21 bits per heavy atom. The van der Waals surface area contributed by atoms with Crippen LogP contribution in [0.25, 0.3) is 0 Å². The number of ether oxygens (including phenoxy) is 1. The second-order valence-corrected chi connectivity index (χ2v) is 6.62. The lowest BCUT2D eigenvalue weighted by molar-refractivity contribution is -0.384. The second-order valence-electron chi connectivity index (χ2n) is 6.62. The molecule has 8 heteroatoms. The number of nitro groups is 1. The first-order valence-electron chi connectivity index (χ1n) is 8.95. The zero-order valence-corrected chi connectivity index (χ0v) is 15.4. The lowest BCUT2D eigenvalue weighted by atomic mass is 10.0. The van der Waals surface area contributed by atoms with Gasteiger partial charge in [0.1, 0.15) is 5.69 Å². The van der Waals surface area contributed by atoms with Crippen molar-refractivity contribution in [2.75, 3.05) is 12.4 Å². The molecular weight excluding hydrogens is 362 g/mol. The van der Waals surface area contributed by atoms with Gasteiger partial charge in [0.05, 0.1) is 24.5 Å². The molecule has 0 heterocycles. The maximum absolute atomic E-state index is 12.7. The molecule has 0 aliphatic heterocycles. The molecule has 0 aromatic heterocycles. The number of esters is 1. The van der Waals surface area contributed by atoms with Gasteiger partial charge in [-0.2, -0.15) is 0 Å². The van der Waals surface area contributed by atoms with Crippen LogP contribution in [0.3, 0.4) is 0 Å². The quantitative estimate of drug-likeness (QED) is 0.411. The number of nitro benzene ring substituents is 1. The molecule has 0 bridgehead atoms. The number of hydrogen-bond donors (Lipinski definition) is 2. The standard InChI is InChI=1S/C20H21N3O5/c1-28-19(24)12-17(13-5-3-2-4-6-13)22-20(25)14-7-10-16(21-15-8-9-15)18(11-14)23(26)27/h2-7,10-11,15,17,21H,8-9,12H2,1H3,(H,22,25)/t17-/m0/s1. The fourth-order valence-corrected chi connectivity index (χ4v) is 2.82. The third-order valence-corrected chi connectivity index (χ3v) is 4.50. The normalized spacial score (nSPS) is 14.0. The van der Waals surface area contributed by atoms with Gasteiger partial charge in [-0.05, 0) is 30.5 Å². The van der Waals surface area contributed by atoms with Crippen molar-refractivity contribution in [2.24, 2.45) is 0 Å². The third-order valence-electron chi connectivity index (χ3n) is 4.50. The molecule has 0 spiro atoms. The zero-order valence-electron chi connectivity index (χ0n) is 15.4. The summed E-state index contributed by atoms with van der Waals surface area (Å²) in [6.45, 7) is 0. The molecule has 1 aliphatic carbocycles. The van der Waals surface area contributed by atoms with Gasteiger partial charge in [-0.1, -0.05) is 30.3 Å². The Morgan fingerprint density at radius 3 is 2.54 bits per heavy atom. The van der Waals surface area contributed by atoms with Gasteiger partial charge in [-0.15, -0.1) is 0 Å². The maximum Gasteiger partial charge on any atom is 0.307 e. The Bertz CT molecular complexity index is 881. The monoisotopic (exact) mass is 383 g/mol. The van der Waals surface area contributed by atoms with Gasteiger partial charge in [0.25, 0.3) is 11.6 Å². The van der Waals surface area contributed by atoms with Gasteiger partial charge < -0.3 is 15.4 Å². The third kappa shape index (κ3) is 4.85. The van der Waals surface area contributed by atoms with Crippen LogP contribution in [-0.2, 0) is 9.53 Å². The van der Waals surface area contributed by atoms with Crippen LogP contribution in [0.4, 0.5) is 11.4 Å². The summed E-state index contributed by atoms with van der Waals surface area (Å²) in [5.74, 6) is -0.969. The van der Waals surface area contributed by atoms with Gasteiger partial charge >= 0.3 is 5.97 Å². The van der Waals surface area contributed by atoms with Crippen molar-refractivity contribution in [3.8, 4) is 0 Å². The Labute approximate surface area is 162 Å². The lowest BCUT2D eigenvalue weighted by Gasteiger charge is -2.18. The Balaban J connectivity index is 1.81. The van der Waals surface area contributed by atoms with Crippen LogP contribution < -0.4 is 10.6 Å². The molecule has 1 atom stereocenters. The number of amides is 1. The van der Waals surface area contributed by atoms with Gasteiger partial charge in [-0.25, -0.2) is 0 Å². The highest BCUT2D eigenvalue weighted by molar-refractivity contribution is 5.96. The van der Waals surface area contributed by atoms with E-state index in [-0.39, 0.29) is 23.7 Å². The van der Waals surface area contributed by atoms with Crippen molar-refractivity contribution >= 4 is 23.3 Å². The molecule has 3 rings (SSSR count). The number of nitrogens with one attached hydrogen (secondary N) is 2. The van der Waals surface area contributed by atoms with Crippen LogP contribution in [0.2, 0.25) is 0 Å². The van der Waals surface area contributed by atoms with Gasteiger partial charge in [0, 0.05) is 17.7 Å². The first-order chi connectivity index (χ1) is 13.5. The fourth-order valence-electron chi connectivity index (χ4n) is 2.82. The van der Waals surface area contributed by atoms with E-state index in [1.54, 1.807) is 30.3 Å². The smallest absolute Gasteiger partial charge is 0.307 e. The molecule has 0 saturated heterocycles.